The molecule has 0 aliphatic carbocycles. The molecular formula is C21H24NO3S+. The summed E-state index contributed by atoms with van der Waals surface area (Å²) in [4.78, 5) is 1.18. The lowest BCUT2D eigenvalue weighted by Gasteiger charge is -2.12. The fourth-order valence-corrected chi connectivity index (χ4v) is 3.34. The summed E-state index contributed by atoms with van der Waals surface area (Å²) in [7, 11) is 1.65. The SMILES string of the molecule is COc1cc(C[NH2+]C[C@@H](O)c2ccccc2)ccc1OCc1cccs1. The third-order valence-electron chi connectivity index (χ3n) is 4.13. The zero-order valence-electron chi connectivity index (χ0n) is 14.8. The quantitative estimate of drug-likeness (QED) is 0.608. The van der Waals surface area contributed by atoms with Crippen molar-refractivity contribution >= 4 is 11.3 Å². The number of quaternary nitrogens is 1. The maximum atomic E-state index is 10.2. The first kappa shape index (κ1) is 18.5. The van der Waals surface area contributed by atoms with Gasteiger partial charge in [-0.1, -0.05) is 36.4 Å². The highest BCUT2D eigenvalue weighted by atomic mass is 32.1. The molecule has 0 aliphatic rings. The van der Waals surface area contributed by atoms with E-state index in [1.54, 1.807) is 18.4 Å². The highest BCUT2D eigenvalue weighted by molar-refractivity contribution is 7.09. The Morgan fingerprint density at radius 3 is 2.62 bits per heavy atom. The molecule has 2 aromatic carbocycles. The predicted molar refractivity (Wildman–Crippen MR) is 104 cm³/mol. The van der Waals surface area contributed by atoms with Gasteiger partial charge in [-0.25, -0.2) is 0 Å². The minimum Gasteiger partial charge on any atom is -0.493 e. The Morgan fingerprint density at radius 2 is 1.88 bits per heavy atom. The van der Waals surface area contributed by atoms with Gasteiger partial charge in [0, 0.05) is 10.4 Å². The van der Waals surface area contributed by atoms with Crippen LogP contribution in [0.3, 0.4) is 0 Å². The second-order valence-corrected chi connectivity index (χ2v) is 7.04. The monoisotopic (exact) mass is 370 g/mol. The van der Waals surface area contributed by atoms with Gasteiger partial charge in [-0.05, 0) is 35.2 Å². The van der Waals surface area contributed by atoms with Gasteiger partial charge in [0.15, 0.2) is 11.5 Å². The number of ether oxygens (including phenoxy) is 2. The van der Waals surface area contributed by atoms with Gasteiger partial charge in [-0.15, -0.1) is 11.3 Å². The number of methoxy groups -OCH3 is 1. The second-order valence-electron chi connectivity index (χ2n) is 6.01. The molecule has 4 nitrogen and oxygen atoms in total. The molecule has 26 heavy (non-hydrogen) atoms. The molecule has 1 atom stereocenters. The van der Waals surface area contributed by atoms with Crippen molar-refractivity contribution in [2.75, 3.05) is 13.7 Å². The van der Waals surface area contributed by atoms with Gasteiger partial charge in [0.1, 0.15) is 25.8 Å². The molecule has 0 amide bonds. The Kier molecular flexibility index (Phi) is 6.66. The van der Waals surface area contributed by atoms with Crippen molar-refractivity contribution in [1.82, 2.24) is 0 Å². The Hall–Kier alpha value is -2.34. The van der Waals surface area contributed by atoms with Crippen LogP contribution in [0, 0.1) is 0 Å². The van der Waals surface area contributed by atoms with Crippen molar-refractivity contribution in [2.45, 2.75) is 19.3 Å². The van der Waals surface area contributed by atoms with Gasteiger partial charge in [-0.3, -0.25) is 0 Å². The van der Waals surface area contributed by atoms with Gasteiger partial charge in [0.05, 0.1) is 7.11 Å². The van der Waals surface area contributed by atoms with Crippen LogP contribution in [0.25, 0.3) is 0 Å². The van der Waals surface area contributed by atoms with E-state index in [1.165, 1.54) is 4.88 Å². The first-order chi connectivity index (χ1) is 12.8. The van der Waals surface area contributed by atoms with Crippen molar-refractivity contribution in [2.24, 2.45) is 0 Å². The number of hydrogen-bond acceptors (Lipinski definition) is 4. The van der Waals surface area contributed by atoms with Crippen molar-refractivity contribution in [3.63, 3.8) is 0 Å². The van der Waals surface area contributed by atoms with E-state index in [0.29, 0.717) is 13.2 Å². The van der Waals surface area contributed by atoms with Gasteiger partial charge < -0.3 is 19.9 Å². The topological polar surface area (TPSA) is 55.3 Å². The number of rotatable bonds is 9. The molecule has 1 aromatic heterocycles. The molecule has 5 heteroatoms. The van der Waals surface area contributed by atoms with Crippen molar-refractivity contribution in [3.8, 4) is 11.5 Å². The average molecular weight is 370 g/mol. The number of nitrogens with two attached hydrogens (primary N) is 1. The summed E-state index contributed by atoms with van der Waals surface area (Å²) >= 11 is 1.68. The zero-order chi connectivity index (χ0) is 18.2. The smallest absolute Gasteiger partial charge is 0.161 e. The number of hydrogen-bond donors (Lipinski definition) is 2. The molecule has 0 bridgehead atoms. The minimum absolute atomic E-state index is 0.466. The van der Waals surface area contributed by atoms with E-state index in [4.69, 9.17) is 9.47 Å². The van der Waals surface area contributed by atoms with Gasteiger partial charge in [0.25, 0.3) is 0 Å². The summed E-state index contributed by atoms with van der Waals surface area (Å²) in [6.07, 6.45) is -0.466. The third-order valence-corrected chi connectivity index (χ3v) is 4.98. The van der Waals surface area contributed by atoms with Gasteiger partial charge in [0.2, 0.25) is 0 Å². The van der Waals surface area contributed by atoms with E-state index in [-0.39, 0.29) is 0 Å². The first-order valence-electron chi connectivity index (χ1n) is 8.63. The van der Waals surface area contributed by atoms with E-state index in [2.05, 4.69) is 11.4 Å². The summed E-state index contributed by atoms with van der Waals surface area (Å²) < 4.78 is 11.3. The average Bonchev–Trinajstić information content (AvgIpc) is 3.21. The van der Waals surface area contributed by atoms with E-state index in [9.17, 15) is 5.11 Å². The maximum absolute atomic E-state index is 10.2. The van der Waals surface area contributed by atoms with Gasteiger partial charge >= 0.3 is 0 Å². The van der Waals surface area contributed by atoms with Crippen LogP contribution in [-0.2, 0) is 13.2 Å². The van der Waals surface area contributed by atoms with Crippen LogP contribution in [-0.4, -0.2) is 18.8 Å². The lowest BCUT2D eigenvalue weighted by molar-refractivity contribution is -0.677. The molecule has 136 valence electrons. The molecule has 0 aliphatic heterocycles. The molecule has 0 spiro atoms. The van der Waals surface area contributed by atoms with Gasteiger partial charge in [-0.2, -0.15) is 0 Å². The molecule has 3 N–H and O–H groups in total. The highest BCUT2D eigenvalue weighted by Crippen LogP contribution is 2.29. The highest BCUT2D eigenvalue weighted by Gasteiger charge is 2.11. The largest absolute Gasteiger partial charge is 0.493 e. The lowest BCUT2D eigenvalue weighted by atomic mass is 10.1. The van der Waals surface area contributed by atoms with Crippen molar-refractivity contribution in [3.05, 3.63) is 82.0 Å². The molecule has 3 rings (SSSR count). The molecule has 1 heterocycles. The Bertz CT molecular complexity index is 790. The summed E-state index contributed by atoms with van der Waals surface area (Å²) in [6.45, 7) is 1.93. The fraction of sp³-hybridized carbons (Fsp3) is 0.238. The summed E-state index contributed by atoms with van der Waals surface area (Å²) in [5.41, 5.74) is 2.07. The molecule has 3 aromatic rings. The standard InChI is InChI=1S/C21H23NO3S/c1-24-21-12-16(9-10-20(21)25-15-18-8-5-11-26-18)13-22-14-19(23)17-6-3-2-4-7-17/h2-12,19,22-23H,13-15H2,1H3/p+1/t19-/m1/s1. The van der Waals surface area contributed by atoms with Crippen LogP contribution in [0.15, 0.2) is 66.0 Å². The lowest BCUT2D eigenvalue weighted by Crippen LogP contribution is -2.83. The van der Waals surface area contributed by atoms with Crippen LogP contribution in [0.4, 0.5) is 0 Å². The van der Waals surface area contributed by atoms with Crippen LogP contribution in [0.5, 0.6) is 11.5 Å². The summed E-state index contributed by atoms with van der Waals surface area (Å²) in [5.74, 6) is 1.48. The Labute approximate surface area is 158 Å². The Morgan fingerprint density at radius 1 is 1.04 bits per heavy atom. The number of aliphatic hydroxyl groups is 1. The van der Waals surface area contributed by atoms with E-state index in [0.717, 1.165) is 29.2 Å². The zero-order valence-corrected chi connectivity index (χ0v) is 15.6. The molecule has 0 unspecified atom stereocenters. The summed E-state index contributed by atoms with van der Waals surface area (Å²) in [5, 5.41) is 14.4. The maximum Gasteiger partial charge on any atom is 0.161 e. The van der Waals surface area contributed by atoms with Crippen LogP contribution >= 0.6 is 11.3 Å². The van der Waals surface area contributed by atoms with Crippen molar-refractivity contribution in [1.29, 1.82) is 0 Å². The molecule has 0 fully saturated rings. The van der Waals surface area contributed by atoms with E-state index in [1.807, 2.05) is 60.0 Å². The van der Waals surface area contributed by atoms with Crippen LogP contribution in [0.1, 0.15) is 22.1 Å². The van der Waals surface area contributed by atoms with Crippen molar-refractivity contribution < 1.29 is 19.9 Å². The third kappa shape index (κ3) is 5.08. The van der Waals surface area contributed by atoms with E-state index >= 15 is 0 Å². The number of aliphatic hydroxyl groups excluding tert-OH is 1. The second kappa shape index (κ2) is 9.38. The molecule has 0 saturated heterocycles. The molecule has 0 radical (unpaired) electrons. The normalized spacial score (nSPS) is 11.9. The van der Waals surface area contributed by atoms with E-state index < -0.39 is 6.10 Å². The van der Waals surface area contributed by atoms with Crippen LogP contribution < -0.4 is 14.8 Å². The summed E-state index contributed by atoms with van der Waals surface area (Å²) in [6, 6.07) is 19.8. The number of thiophene rings is 1. The predicted octanol–water partition coefficient (Wildman–Crippen LogP) is 3.13. The number of benzene rings is 2. The molecule has 0 saturated carbocycles. The minimum atomic E-state index is -0.466. The van der Waals surface area contributed by atoms with Crippen LogP contribution in [0.2, 0.25) is 0 Å². The fourth-order valence-electron chi connectivity index (χ4n) is 2.72. The molecular weight excluding hydrogens is 346 g/mol. The first-order valence-corrected chi connectivity index (χ1v) is 9.51. The Balaban J connectivity index is 1.53.